The van der Waals surface area contributed by atoms with E-state index in [1.165, 1.54) is 5.56 Å². The van der Waals surface area contributed by atoms with Gasteiger partial charge in [0.1, 0.15) is 5.58 Å². The topological polar surface area (TPSA) is 42.2 Å². The molecule has 0 atom stereocenters. The van der Waals surface area contributed by atoms with Crippen LogP contribution in [0.15, 0.2) is 46.9 Å². The summed E-state index contributed by atoms with van der Waals surface area (Å²) in [6, 6.07) is 13.6. The van der Waals surface area contributed by atoms with Crippen molar-refractivity contribution in [1.82, 2.24) is 0 Å². The van der Waals surface area contributed by atoms with Gasteiger partial charge in [-0.1, -0.05) is 18.2 Å². The summed E-state index contributed by atoms with van der Waals surface area (Å²) in [6.07, 6.45) is 0.968. The van der Waals surface area contributed by atoms with Crippen molar-refractivity contribution >= 4 is 22.4 Å². The van der Waals surface area contributed by atoms with Crippen LogP contribution < -0.4 is 5.32 Å². The number of aryl methyl sites for hydroxylation is 1. The maximum Gasteiger partial charge on any atom is 0.228 e. The van der Waals surface area contributed by atoms with E-state index < -0.39 is 0 Å². The Balaban J connectivity index is 1.77. The Kier molecular flexibility index (Phi) is 2.61. The number of nitrogens with one attached hydrogen (secondary N) is 1. The van der Waals surface area contributed by atoms with Crippen LogP contribution in [0.2, 0.25) is 0 Å². The van der Waals surface area contributed by atoms with Crippen LogP contribution in [0.5, 0.6) is 0 Å². The molecule has 0 aliphatic carbocycles. The highest BCUT2D eigenvalue weighted by molar-refractivity contribution is 6.09. The van der Waals surface area contributed by atoms with Gasteiger partial charge in [0.05, 0.1) is 0 Å². The van der Waals surface area contributed by atoms with E-state index in [0.29, 0.717) is 11.3 Å². The van der Waals surface area contributed by atoms with Crippen LogP contribution >= 0.6 is 0 Å². The number of rotatable bonds is 2. The molecule has 2 heterocycles. The first-order chi connectivity index (χ1) is 10.2. The first kappa shape index (κ1) is 12.2. The lowest BCUT2D eigenvalue weighted by Gasteiger charge is -2.02. The molecule has 3 nitrogen and oxygen atoms in total. The second-order valence-corrected chi connectivity index (χ2v) is 5.48. The van der Waals surface area contributed by atoms with Gasteiger partial charge < -0.3 is 9.73 Å². The molecule has 1 N–H and O–H groups in total. The molecular formula is C18H15NO2. The molecule has 0 fully saturated rings. The highest BCUT2D eigenvalue weighted by Crippen LogP contribution is 2.27. The quantitative estimate of drug-likeness (QED) is 0.721. The first-order valence-electron chi connectivity index (χ1n) is 7.13. The van der Waals surface area contributed by atoms with E-state index in [1.54, 1.807) is 0 Å². The molecule has 1 aromatic heterocycles. The van der Waals surface area contributed by atoms with Crippen LogP contribution in [-0.4, -0.2) is 12.3 Å². The zero-order valence-corrected chi connectivity index (χ0v) is 11.8. The van der Waals surface area contributed by atoms with E-state index in [4.69, 9.17) is 4.42 Å². The molecule has 104 valence electrons. The third-order valence-corrected chi connectivity index (χ3v) is 4.04. The van der Waals surface area contributed by atoms with Crippen LogP contribution in [0.25, 0.3) is 11.0 Å². The Morgan fingerprint density at radius 3 is 2.95 bits per heavy atom. The van der Waals surface area contributed by atoms with Gasteiger partial charge in [-0.3, -0.25) is 4.79 Å². The van der Waals surface area contributed by atoms with Crippen molar-refractivity contribution in [1.29, 1.82) is 0 Å². The molecule has 4 rings (SSSR count). The summed E-state index contributed by atoms with van der Waals surface area (Å²) in [7, 11) is 0. The van der Waals surface area contributed by atoms with Crippen molar-refractivity contribution in [2.45, 2.75) is 13.3 Å². The number of ketones is 1. The first-order valence-corrected chi connectivity index (χ1v) is 7.13. The Hall–Kier alpha value is -2.55. The number of para-hydroxylation sites is 1. The molecular weight excluding hydrogens is 262 g/mol. The standard InChI is InChI=1S/C18H15NO2/c1-11-3-2-4-14-10-16(21-18(11)14)17(20)13-5-6-15-12(9-13)7-8-19-15/h2-6,9-10,19H,7-8H2,1H3. The number of furan rings is 1. The number of carbonyl (C=O) groups is 1. The summed E-state index contributed by atoms with van der Waals surface area (Å²) in [5.41, 5.74) is 4.86. The van der Waals surface area contributed by atoms with Gasteiger partial charge in [-0.05, 0) is 48.7 Å². The van der Waals surface area contributed by atoms with Crippen LogP contribution in [0.1, 0.15) is 27.2 Å². The molecule has 3 aromatic rings. The fourth-order valence-corrected chi connectivity index (χ4v) is 2.91. The minimum atomic E-state index is -0.0553. The van der Waals surface area contributed by atoms with Crippen molar-refractivity contribution in [3.05, 3.63) is 64.9 Å². The van der Waals surface area contributed by atoms with Crippen molar-refractivity contribution in [3.8, 4) is 0 Å². The largest absolute Gasteiger partial charge is 0.452 e. The highest BCUT2D eigenvalue weighted by Gasteiger charge is 2.18. The minimum absolute atomic E-state index is 0.0553. The lowest BCUT2D eigenvalue weighted by atomic mass is 10.0. The molecule has 0 unspecified atom stereocenters. The van der Waals surface area contributed by atoms with Crippen molar-refractivity contribution in [2.24, 2.45) is 0 Å². The van der Waals surface area contributed by atoms with E-state index in [1.807, 2.05) is 49.4 Å². The summed E-state index contributed by atoms with van der Waals surface area (Å²) in [6.45, 7) is 2.93. The predicted octanol–water partition coefficient (Wildman–Crippen LogP) is 3.94. The smallest absolute Gasteiger partial charge is 0.228 e. The van der Waals surface area contributed by atoms with Crippen molar-refractivity contribution in [2.75, 3.05) is 11.9 Å². The van der Waals surface area contributed by atoms with Gasteiger partial charge in [0, 0.05) is 23.2 Å². The molecule has 0 bridgehead atoms. The summed E-state index contributed by atoms with van der Waals surface area (Å²) >= 11 is 0. The van der Waals surface area contributed by atoms with Crippen LogP contribution in [0, 0.1) is 6.92 Å². The Morgan fingerprint density at radius 1 is 1.19 bits per heavy atom. The van der Waals surface area contributed by atoms with E-state index in [9.17, 15) is 4.79 Å². The number of hydrogen-bond donors (Lipinski definition) is 1. The third kappa shape index (κ3) is 1.93. The Bertz CT molecular complexity index is 861. The molecule has 1 aliphatic rings. The second-order valence-electron chi connectivity index (χ2n) is 5.48. The van der Waals surface area contributed by atoms with Gasteiger partial charge in [-0.15, -0.1) is 0 Å². The molecule has 2 aromatic carbocycles. The molecule has 3 heteroatoms. The molecule has 1 aliphatic heterocycles. The average molecular weight is 277 g/mol. The highest BCUT2D eigenvalue weighted by atomic mass is 16.3. The van der Waals surface area contributed by atoms with Gasteiger partial charge >= 0.3 is 0 Å². The summed E-state index contributed by atoms with van der Waals surface area (Å²) in [5.74, 6) is 0.352. The fraction of sp³-hybridized carbons (Fsp3) is 0.167. The lowest BCUT2D eigenvalue weighted by molar-refractivity contribution is 0.101. The van der Waals surface area contributed by atoms with Crippen molar-refractivity contribution < 1.29 is 9.21 Å². The number of carbonyl (C=O) groups excluding carboxylic acids is 1. The van der Waals surface area contributed by atoms with Gasteiger partial charge in [-0.2, -0.15) is 0 Å². The van der Waals surface area contributed by atoms with E-state index in [2.05, 4.69) is 5.32 Å². The number of benzene rings is 2. The monoisotopic (exact) mass is 277 g/mol. The lowest BCUT2D eigenvalue weighted by Crippen LogP contribution is -2.00. The fourth-order valence-electron chi connectivity index (χ4n) is 2.91. The molecule has 0 radical (unpaired) electrons. The Labute approximate surface area is 122 Å². The van der Waals surface area contributed by atoms with E-state index >= 15 is 0 Å². The number of hydrogen-bond acceptors (Lipinski definition) is 3. The van der Waals surface area contributed by atoms with Gasteiger partial charge in [-0.25, -0.2) is 0 Å². The molecule has 0 amide bonds. The second kappa shape index (κ2) is 4.48. The van der Waals surface area contributed by atoms with Gasteiger partial charge in [0.15, 0.2) is 5.76 Å². The Morgan fingerprint density at radius 2 is 2.10 bits per heavy atom. The molecule has 21 heavy (non-hydrogen) atoms. The SMILES string of the molecule is Cc1cccc2cc(C(=O)c3ccc4c(c3)CCN4)oc12. The van der Waals surface area contributed by atoms with E-state index in [0.717, 1.165) is 35.2 Å². The predicted molar refractivity (Wildman–Crippen MR) is 83.0 cm³/mol. The van der Waals surface area contributed by atoms with Gasteiger partial charge in [0.2, 0.25) is 5.78 Å². The van der Waals surface area contributed by atoms with Crippen LogP contribution in [0.3, 0.4) is 0 Å². The normalized spacial score (nSPS) is 13.2. The molecule has 0 spiro atoms. The van der Waals surface area contributed by atoms with Crippen molar-refractivity contribution in [3.63, 3.8) is 0 Å². The minimum Gasteiger partial charge on any atom is -0.452 e. The van der Waals surface area contributed by atoms with Crippen LogP contribution in [-0.2, 0) is 6.42 Å². The maximum atomic E-state index is 12.6. The van der Waals surface area contributed by atoms with Crippen LogP contribution in [0.4, 0.5) is 5.69 Å². The molecule has 0 saturated heterocycles. The third-order valence-electron chi connectivity index (χ3n) is 4.04. The van der Waals surface area contributed by atoms with Gasteiger partial charge in [0.25, 0.3) is 0 Å². The summed E-state index contributed by atoms with van der Waals surface area (Å²) < 4.78 is 5.77. The molecule has 0 saturated carbocycles. The summed E-state index contributed by atoms with van der Waals surface area (Å²) in [5, 5.41) is 4.27. The summed E-state index contributed by atoms with van der Waals surface area (Å²) in [4.78, 5) is 12.6. The zero-order valence-electron chi connectivity index (χ0n) is 11.8. The zero-order chi connectivity index (χ0) is 14.4. The maximum absolute atomic E-state index is 12.6. The average Bonchev–Trinajstić information content (AvgIpc) is 3.12. The number of fused-ring (bicyclic) bond motifs is 2. The van der Waals surface area contributed by atoms with E-state index in [-0.39, 0.29) is 5.78 Å². The number of anilines is 1.